The number of H-pyrrole nitrogens is 1. The molecule has 0 bridgehead atoms. The summed E-state index contributed by atoms with van der Waals surface area (Å²) in [5.74, 6) is 0.731. The number of hydrogen-bond donors (Lipinski definition) is 1. The first kappa shape index (κ1) is 24.8. The van der Waals surface area contributed by atoms with E-state index in [0.29, 0.717) is 0 Å². The Kier molecular flexibility index (Phi) is 6.81. The number of aromatic nitrogens is 1. The second-order valence-electron chi connectivity index (χ2n) is 10.8. The Morgan fingerprint density at radius 3 is 2.19 bits per heavy atom. The monoisotopic (exact) mass is 529 g/mol. The van der Waals surface area contributed by atoms with Crippen LogP contribution in [0.25, 0.3) is 14.2 Å². The topological polar surface area (TPSA) is 15.8 Å². The molecule has 1 heterocycles. The molecule has 5 rings (SSSR count). The van der Waals surface area contributed by atoms with Crippen LogP contribution in [-0.2, 0) is 34.1 Å². The first-order chi connectivity index (χ1) is 13.7. The standard InChI is InChI=1S/C16H22N.C11H9.2ClH.Zr/c1-15(2,3)11-8-7-9-13-14(11)12(10-17-13)16(4,5)6;1-2-4-10-8(3-1)7-9-5-6-11(9)10;;;/h7-9,17H,1-6H3;1-4,11H,5-6H2;2*1H;/q;;;;+2/p-2. The van der Waals surface area contributed by atoms with Gasteiger partial charge in [0.05, 0.1) is 0 Å². The SMILES string of the molecule is CC(C)(C)c1cccc2[nH][c]([Zr+2][C]3=C4CCC4c4ccccc43)c(C(C)(C)C)c12.[Cl-].[Cl-]. The van der Waals surface area contributed by atoms with Gasteiger partial charge in [0.25, 0.3) is 0 Å². The van der Waals surface area contributed by atoms with Crippen LogP contribution < -0.4 is 28.2 Å². The molecule has 2 aliphatic carbocycles. The Hall–Kier alpha value is -0.817. The van der Waals surface area contributed by atoms with Crippen molar-refractivity contribution in [1.82, 2.24) is 4.98 Å². The van der Waals surface area contributed by atoms with Crippen molar-refractivity contribution in [3.8, 4) is 0 Å². The summed E-state index contributed by atoms with van der Waals surface area (Å²) in [5.41, 5.74) is 9.63. The maximum Gasteiger partial charge on any atom is -1.00 e. The van der Waals surface area contributed by atoms with Crippen LogP contribution in [-0.4, -0.2) is 4.98 Å². The molecule has 1 saturated carbocycles. The predicted molar refractivity (Wildman–Crippen MR) is 121 cm³/mol. The molecule has 0 radical (unpaired) electrons. The molecule has 0 amide bonds. The van der Waals surface area contributed by atoms with Gasteiger partial charge in [0.15, 0.2) is 0 Å². The molecule has 4 heteroatoms. The molecule has 31 heavy (non-hydrogen) atoms. The zero-order chi connectivity index (χ0) is 20.6. The molecule has 0 spiro atoms. The predicted octanol–water partition coefficient (Wildman–Crippen LogP) is 0.781. The van der Waals surface area contributed by atoms with Crippen molar-refractivity contribution in [3.05, 3.63) is 70.3 Å². The molecule has 1 fully saturated rings. The third kappa shape index (κ3) is 4.03. The van der Waals surface area contributed by atoms with Gasteiger partial charge in [0.2, 0.25) is 0 Å². The first-order valence-electron chi connectivity index (χ1n) is 10.9. The van der Waals surface area contributed by atoms with Crippen molar-refractivity contribution in [3.63, 3.8) is 0 Å². The fraction of sp³-hybridized carbons (Fsp3) is 0.407. The Balaban J connectivity index is 0.00000136. The van der Waals surface area contributed by atoms with Gasteiger partial charge < -0.3 is 24.8 Å². The summed E-state index contributed by atoms with van der Waals surface area (Å²) in [5, 5.41) is 1.49. The van der Waals surface area contributed by atoms with E-state index >= 15 is 0 Å². The Labute approximate surface area is 210 Å². The van der Waals surface area contributed by atoms with Gasteiger partial charge in [-0.1, -0.05) is 0 Å². The number of nitrogens with one attached hydrogen (secondary N) is 1. The van der Waals surface area contributed by atoms with Gasteiger partial charge in [-0.2, -0.15) is 0 Å². The van der Waals surface area contributed by atoms with Crippen molar-refractivity contribution in [2.24, 2.45) is 0 Å². The van der Waals surface area contributed by atoms with Crippen LogP contribution in [0.2, 0.25) is 0 Å². The number of aromatic amines is 1. The molecular formula is C27H31Cl2NZr. The Morgan fingerprint density at radius 1 is 0.871 bits per heavy atom. The zero-order valence-electron chi connectivity index (χ0n) is 19.3. The summed E-state index contributed by atoms with van der Waals surface area (Å²) < 4.78 is 3.34. The second-order valence-corrected chi connectivity index (χ2v) is 13.9. The molecule has 1 atom stereocenters. The molecule has 1 unspecified atom stereocenters. The third-order valence-corrected chi connectivity index (χ3v) is 10.3. The van der Waals surface area contributed by atoms with E-state index in [1.165, 1.54) is 29.3 Å². The molecule has 0 aliphatic heterocycles. The molecular weight excluding hydrogens is 500 g/mol. The van der Waals surface area contributed by atoms with Gasteiger partial charge in [-0.25, -0.2) is 0 Å². The van der Waals surface area contributed by atoms with E-state index in [9.17, 15) is 0 Å². The van der Waals surface area contributed by atoms with E-state index in [0.717, 1.165) is 5.92 Å². The normalized spacial score (nSPS) is 17.3. The molecule has 2 aromatic carbocycles. The summed E-state index contributed by atoms with van der Waals surface area (Å²) in [6.45, 7) is 14.2. The zero-order valence-corrected chi connectivity index (χ0v) is 23.3. The molecule has 1 nitrogen and oxygen atoms in total. The molecule has 162 valence electrons. The molecule has 0 saturated heterocycles. The molecule has 1 N–H and O–H groups in total. The van der Waals surface area contributed by atoms with Crippen LogP contribution in [0.3, 0.4) is 0 Å². The average molecular weight is 532 g/mol. The third-order valence-electron chi connectivity index (χ3n) is 6.68. The van der Waals surface area contributed by atoms with E-state index in [2.05, 4.69) is 89.0 Å². The summed E-state index contributed by atoms with van der Waals surface area (Å²) in [7, 11) is 0. The van der Waals surface area contributed by atoms with Crippen LogP contribution in [0.15, 0.2) is 48.0 Å². The summed E-state index contributed by atoms with van der Waals surface area (Å²) in [6.07, 6.45) is 2.66. The minimum atomic E-state index is -0.933. The van der Waals surface area contributed by atoms with Crippen LogP contribution >= 0.6 is 0 Å². The Bertz CT molecular complexity index is 1160. The molecule has 2 aliphatic rings. The summed E-state index contributed by atoms with van der Waals surface area (Å²) in [4.78, 5) is 3.94. The number of halogens is 2. The van der Waals surface area contributed by atoms with E-state index in [-0.39, 0.29) is 35.6 Å². The minimum absolute atomic E-state index is 0. The number of benzene rings is 2. The number of fused-ring (bicyclic) bond motifs is 4. The number of hydrogen-bond acceptors (Lipinski definition) is 0. The van der Waals surface area contributed by atoms with Gasteiger partial charge in [-0.05, 0) is 0 Å². The smallest absolute Gasteiger partial charge is 1.00 e. The largest absolute Gasteiger partial charge is 1.00 e. The van der Waals surface area contributed by atoms with Crippen LogP contribution in [0.4, 0.5) is 0 Å². The fourth-order valence-corrected chi connectivity index (χ4v) is 9.92. The quantitative estimate of drug-likeness (QED) is 0.503. The first-order valence-corrected chi connectivity index (χ1v) is 13.4. The number of allylic oxidation sites excluding steroid dienone is 1. The van der Waals surface area contributed by atoms with Crippen molar-refractivity contribution in [2.75, 3.05) is 0 Å². The van der Waals surface area contributed by atoms with Crippen LogP contribution in [0.1, 0.15) is 82.6 Å². The molecule has 1 aromatic heterocycles. The number of rotatable bonds is 2. The second kappa shape index (κ2) is 8.51. The van der Waals surface area contributed by atoms with Crippen LogP contribution in [0, 0.1) is 0 Å². The van der Waals surface area contributed by atoms with Gasteiger partial charge in [0.1, 0.15) is 0 Å². The minimum Gasteiger partial charge on any atom is -1.00 e. The van der Waals surface area contributed by atoms with E-state index in [4.69, 9.17) is 0 Å². The van der Waals surface area contributed by atoms with E-state index in [1.807, 2.05) is 0 Å². The van der Waals surface area contributed by atoms with Crippen molar-refractivity contribution in [1.29, 1.82) is 0 Å². The van der Waals surface area contributed by atoms with Gasteiger partial charge in [-0.3, -0.25) is 0 Å². The average Bonchev–Trinajstić information content (AvgIpc) is 3.06. The summed E-state index contributed by atoms with van der Waals surface area (Å²) in [6, 6.07) is 16.1. The van der Waals surface area contributed by atoms with Crippen molar-refractivity contribution < 1.29 is 48.0 Å². The van der Waals surface area contributed by atoms with Gasteiger partial charge >= 0.3 is 187 Å². The van der Waals surface area contributed by atoms with Gasteiger partial charge in [0, 0.05) is 0 Å². The molecule has 3 aromatic rings. The van der Waals surface area contributed by atoms with Crippen LogP contribution in [0.5, 0.6) is 0 Å². The fourth-order valence-electron chi connectivity index (χ4n) is 5.27. The summed E-state index contributed by atoms with van der Waals surface area (Å²) >= 11 is -0.933. The van der Waals surface area contributed by atoms with Crippen molar-refractivity contribution in [2.45, 2.75) is 71.1 Å². The Morgan fingerprint density at radius 2 is 1.58 bits per heavy atom. The maximum absolute atomic E-state index is 3.94. The van der Waals surface area contributed by atoms with Gasteiger partial charge in [-0.15, -0.1) is 0 Å². The van der Waals surface area contributed by atoms with Crippen molar-refractivity contribution >= 4 is 17.6 Å². The van der Waals surface area contributed by atoms with E-state index in [1.54, 1.807) is 28.9 Å². The maximum atomic E-state index is 3.94. The van der Waals surface area contributed by atoms with E-state index < -0.39 is 23.2 Å².